The van der Waals surface area contributed by atoms with E-state index in [2.05, 4.69) is 20.4 Å². The van der Waals surface area contributed by atoms with E-state index in [1.54, 1.807) is 30.2 Å². The molecule has 2 aromatic heterocycles. The topological polar surface area (TPSA) is 104 Å². The lowest BCUT2D eigenvalue weighted by Crippen LogP contribution is -2.28. The van der Waals surface area contributed by atoms with Crippen LogP contribution < -0.4 is 15.0 Å². The lowest BCUT2D eigenvalue weighted by Gasteiger charge is -2.17. The van der Waals surface area contributed by atoms with Crippen molar-refractivity contribution >= 4 is 29.7 Å². The third kappa shape index (κ3) is 4.02. The van der Waals surface area contributed by atoms with Crippen molar-refractivity contribution < 1.29 is 14.3 Å². The van der Waals surface area contributed by atoms with Gasteiger partial charge in [-0.05, 0) is 30.2 Å². The quantitative estimate of drug-likeness (QED) is 0.524. The summed E-state index contributed by atoms with van der Waals surface area (Å²) in [5.41, 5.74) is 1.88. The van der Waals surface area contributed by atoms with E-state index in [1.165, 1.54) is 4.90 Å². The summed E-state index contributed by atoms with van der Waals surface area (Å²) in [6.45, 7) is 2.87. The van der Waals surface area contributed by atoms with Gasteiger partial charge in [-0.25, -0.2) is 9.67 Å². The number of aromatic nitrogens is 3. The molecule has 0 unspecified atom stereocenters. The summed E-state index contributed by atoms with van der Waals surface area (Å²) in [7, 11) is 1.59. The van der Waals surface area contributed by atoms with Crippen molar-refractivity contribution in [1.29, 1.82) is 0 Å². The molecule has 3 aromatic rings. The Morgan fingerprint density at radius 1 is 1.19 bits per heavy atom. The number of pyridine rings is 1. The minimum atomic E-state index is -0.518. The lowest BCUT2D eigenvalue weighted by molar-refractivity contribution is -0.107. The number of carbonyl (C=O) groups is 2. The molecule has 0 N–H and O–H groups in total. The van der Waals surface area contributed by atoms with Crippen LogP contribution in [0.15, 0.2) is 53.8 Å². The molecule has 2 amide bonds. The zero-order valence-electron chi connectivity index (χ0n) is 17.2. The Labute approximate surface area is 179 Å². The summed E-state index contributed by atoms with van der Waals surface area (Å²) in [4.78, 5) is 34.5. The van der Waals surface area contributed by atoms with Crippen molar-refractivity contribution in [1.82, 2.24) is 20.1 Å². The molecule has 0 saturated carbocycles. The van der Waals surface area contributed by atoms with Gasteiger partial charge in [0, 0.05) is 19.4 Å². The minimum Gasteiger partial charge on any atom is -0.493 e. The molecular weight excluding hydrogens is 396 g/mol. The Hall–Kier alpha value is -4.01. The van der Waals surface area contributed by atoms with E-state index in [9.17, 15) is 9.59 Å². The Morgan fingerprint density at radius 2 is 2.03 bits per heavy atom. The zero-order valence-corrected chi connectivity index (χ0v) is 17.2. The monoisotopic (exact) mass is 417 g/mol. The standard InChI is InChI=1S/C22H21N6O3/c1-3-11-31-17-9-5-4-8-16(17)20-24-19-18(21(30)25-20)26-28(22(19)27(2)14-29)13-15-7-6-10-23-12-15/h4-10,12,14H,3,11,13H2,1-2H3. The first-order chi connectivity index (χ1) is 15.1. The molecule has 0 aliphatic carbocycles. The highest BCUT2D eigenvalue weighted by molar-refractivity contribution is 6.19. The minimum absolute atomic E-state index is 0.100. The van der Waals surface area contributed by atoms with Crippen LogP contribution in [0.25, 0.3) is 0 Å². The molecule has 1 radical (unpaired) electrons. The van der Waals surface area contributed by atoms with Crippen molar-refractivity contribution in [3.8, 4) is 5.75 Å². The smallest absolute Gasteiger partial charge is 0.301 e. The van der Waals surface area contributed by atoms with Crippen LogP contribution in [0.3, 0.4) is 0 Å². The second-order valence-corrected chi connectivity index (χ2v) is 6.95. The zero-order chi connectivity index (χ0) is 21.8. The van der Waals surface area contributed by atoms with Gasteiger partial charge in [-0.2, -0.15) is 10.4 Å². The fraction of sp³-hybridized carbons (Fsp3) is 0.227. The van der Waals surface area contributed by atoms with Gasteiger partial charge in [-0.3, -0.25) is 14.6 Å². The molecule has 9 nitrogen and oxygen atoms in total. The SMILES string of the molecule is CCCOc1ccccc1C1=Nc2c(nn(Cc3cccnc3)c2N(C)C=O)C(=O)[N]1. The fourth-order valence-electron chi connectivity index (χ4n) is 3.25. The average molecular weight is 417 g/mol. The predicted molar refractivity (Wildman–Crippen MR) is 115 cm³/mol. The second-order valence-electron chi connectivity index (χ2n) is 6.95. The molecule has 4 rings (SSSR count). The van der Waals surface area contributed by atoms with Crippen LogP contribution in [0.2, 0.25) is 0 Å². The first-order valence-corrected chi connectivity index (χ1v) is 9.87. The predicted octanol–water partition coefficient (Wildman–Crippen LogP) is 2.54. The maximum Gasteiger partial charge on any atom is 0.301 e. The lowest BCUT2D eigenvalue weighted by atomic mass is 10.1. The number of carbonyl (C=O) groups excluding carboxylic acids is 2. The molecule has 31 heavy (non-hydrogen) atoms. The van der Waals surface area contributed by atoms with Gasteiger partial charge in [0.25, 0.3) is 0 Å². The fourth-order valence-corrected chi connectivity index (χ4v) is 3.25. The van der Waals surface area contributed by atoms with Crippen molar-refractivity contribution in [2.45, 2.75) is 19.9 Å². The summed E-state index contributed by atoms with van der Waals surface area (Å²) in [5, 5.41) is 8.55. The van der Waals surface area contributed by atoms with Crippen molar-refractivity contribution in [3.63, 3.8) is 0 Å². The van der Waals surface area contributed by atoms with Gasteiger partial charge in [0.1, 0.15) is 11.4 Å². The number of amidine groups is 1. The number of nitrogens with zero attached hydrogens (tertiary/aromatic N) is 6. The van der Waals surface area contributed by atoms with Gasteiger partial charge in [-0.15, -0.1) is 0 Å². The highest BCUT2D eigenvalue weighted by atomic mass is 16.5. The van der Waals surface area contributed by atoms with E-state index in [0.29, 0.717) is 42.4 Å². The van der Waals surface area contributed by atoms with Crippen molar-refractivity contribution in [2.75, 3.05) is 18.6 Å². The summed E-state index contributed by atoms with van der Waals surface area (Å²) < 4.78 is 7.36. The number of benzene rings is 1. The molecule has 0 fully saturated rings. The van der Waals surface area contributed by atoms with E-state index in [-0.39, 0.29) is 11.5 Å². The number of ether oxygens (including phenoxy) is 1. The van der Waals surface area contributed by atoms with E-state index < -0.39 is 5.91 Å². The first kappa shape index (κ1) is 20.3. The Morgan fingerprint density at radius 3 is 2.77 bits per heavy atom. The third-order valence-electron chi connectivity index (χ3n) is 4.67. The van der Waals surface area contributed by atoms with Crippen LogP contribution >= 0.6 is 0 Å². The number of hydrogen-bond acceptors (Lipinski definition) is 6. The summed E-state index contributed by atoms with van der Waals surface area (Å²) in [6.07, 6.45) is 4.87. The molecule has 3 heterocycles. The molecule has 9 heteroatoms. The number of fused-ring (bicyclic) bond motifs is 1. The highest BCUT2D eigenvalue weighted by Gasteiger charge is 2.32. The molecule has 0 bridgehead atoms. The molecule has 0 atom stereocenters. The Kier molecular flexibility index (Phi) is 5.74. The largest absolute Gasteiger partial charge is 0.493 e. The summed E-state index contributed by atoms with van der Waals surface area (Å²) in [6, 6.07) is 11.0. The number of hydrogen-bond donors (Lipinski definition) is 0. The van der Waals surface area contributed by atoms with Gasteiger partial charge >= 0.3 is 5.91 Å². The van der Waals surface area contributed by atoms with Crippen LogP contribution in [0, 0.1) is 0 Å². The van der Waals surface area contributed by atoms with Crippen LogP contribution in [0.4, 0.5) is 11.5 Å². The van der Waals surface area contributed by atoms with Gasteiger partial charge in [-0.1, -0.05) is 25.1 Å². The summed E-state index contributed by atoms with van der Waals surface area (Å²) in [5.74, 6) is 0.708. The van der Waals surface area contributed by atoms with E-state index in [1.807, 2.05) is 37.3 Å². The molecule has 1 aliphatic heterocycles. The second kappa shape index (κ2) is 8.78. The van der Waals surface area contributed by atoms with Crippen LogP contribution in [-0.2, 0) is 11.3 Å². The third-order valence-corrected chi connectivity index (χ3v) is 4.67. The van der Waals surface area contributed by atoms with Crippen molar-refractivity contribution in [3.05, 3.63) is 65.6 Å². The molecule has 1 aliphatic rings. The summed E-state index contributed by atoms with van der Waals surface area (Å²) >= 11 is 0. The molecular formula is C22H21N6O3. The van der Waals surface area contributed by atoms with Gasteiger partial charge in [0.05, 0.1) is 18.7 Å². The van der Waals surface area contributed by atoms with Crippen LogP contribution in [0.5, 0.6) is 5.75 Å². The maximum atomic E-state index is 12.8. The number of rotatable bonds is 8. The van der Waals surface area contributed by atoms with E-state index in [0.717, 1.165) is 12.0 Å². The van der Waals surface area contributed by atoms with E-state index >= 15 is 0 Å². The molecule has 0 saturated heterocycles. The maximum absolute atomic E-state index is 12.8. The molecule has 0 spiro atoms. The first-order valence-electron chi connectivity index (χ1n) is 9.87. The molecule has 157 valence electrons. The van der Waals surface area contributed by atoms with Crippen molar-refractivity contribution in [2.24, 2.45) is 4.99 Å². The average Bonchev–Trinajstić information content (AvgIpc) is 3.16. The Bertz CT molecular complexity index is 1140. The normalized spacial score (nSPS) is 12.6. The number of para-hydroxylation sites is 1. The van der Waals surface area contributed by atoms with E-state index in [4.69, 9.17) is 4.74 Å². The number of aliphatic imine (C=N–C) groups is 1. The Balaban J connectivity index is 1.81. The van der Waals surface area contributed by atoms with Gasteiger partial charge in [0.15, 0.2) is 17.3 Å². The van der Waals surface area contributed by atoms with Crippen LogP contribution in [0.1, 0.15) is 35.0 Å². The van der Waals surface area contributed by atoms with Gasteiger partial charge < -0.3 is 9.64 Å². The molecule has 1 aromatic carbocycles. The van der Waals surface area contributed by atoms with Crippen LogP contribution in [-0.4, -0.2) is 46.6 Å². The number of anilines is 1. The van der Waals surface area contributed by atoms with Gasteiger partial charge in [0.2, 0.25) is 6.41 Å². The highest BCUT2D eigenvalue weighted by Crippen LogP contribution is 2.36. The number of amides is 2.